The summed E-state index contributed by atoms with van der Waals surface area (Å²) < 4.78 is 31.1. The van der Waals surface area contributed by atoms with Gasteiger partial charge in [-0.2, -0.15) is 0 Å². The monoisotopic (exact) mass is 320 g/mol. The molecule has 7 heteroatoms. The second-order valence-electron chi connectivity index (χ2n) is 5.24. The summed E-state index contributed by atoms with van der Waals surface area (Å²) in [6, 6.07) is 8.34. The number of pyridine rings is 1. The van der Waals surface area contributed by atoms with Gasteiger partial charge in [-0.3, -0.25) is 4.98 Å². The first-order valence-electron chi connectivity index (χ1n) is 7.03. The number of benzene rings is 1. The molecule has 116 valence electrons. The third kappa shape index (κ3) is 2.52. The largest absolute Gasteiger partial charge is 0.445 e. The van der Waals surface area contributed by atoms with Crippen LogP contribution in [0.25, 0.3) is 10.9 Å². The van der Waals surface area contributed by atoms with Crippen LogP contribution in [-0.4, -0.2) is 37.0 Å². The van der Waals surface area contributed by atoms with E-state index in [1.54, 1.807) is 24.3 Å². The van der Waals surface area contributed by atoms with Gasteiger partial charge in [-0.1, -0.05) is 18.2 Å². The minimum Gasteiger partial charge on any atom is -0.445 e. The Hall–Kier alpha value is -2.15. The second kappa shape index (κ2) is 5.57. The first-order valence-corrected chi connectivity index (χ1v) is 8.47. The number of fused-ring (bicyclic) bond motifs is 1. The molecule has 22 heavy (non-hydrogen) atoms. The van der Waals surface area contributed by atoms with Crippen molar-refractivity contribution >= 4 is 27.0 Å². The standard InChI is InChI=1S/C15H16N2O4S/c1-17(15(18)21-12-7-3-8-12)22(19,20)13-9-2-5-11-6-4-10-16-14(11)13/h2,4-6,9-10,12H,3,7-8H2,1H3. The highest BCUT2D eigenvalue weighted by atomic mass is 32.2. The smallest absolute Gasteiger partial charge is 0.423 e. The molecule has 6 nitrogen and oxygen atoms in total. The molecule has 3 rings (SSSR count). The van der Waals surface area contributed by atoms with E-state index in [-0.39, 0.29) is 11.0 Å². The summed E-state index contributed by atoms with van der Waals surface area (Å²) in [4.78, 5) is 16.1. The fourth-order valence-corrected chi connectivity index (χ4v) is 3.44. The number of hydrogen-bond donors (Lipinski definition) is 0. The van der Waals surface area contributed by atoms with Crippen LogP contribution in [0, 0.1) is 0 Å². The van der Waals surface area contributed by atoms with Gasteiger partial charge in [-0.05, 0) is 31.4 Å². The molecule has 0 aliphatic heterocycles. The van der Waals surface area contributed by atoms with Gasteiger partial charge in [-0.25, -0.2) is 17.5 Å². The Morgan fingerprint density at radius 3 is 2.68 bits per heavy atom. The molecule has 0 spiro atoms. The highest BCUT2D eigenvalue weighted by Gasteiger charge is 2.31. The summed E-state index contributed by atoms with van der Waals surface area (Å²) in [7, 11) is -2.79. The van der Waals surface area contributed by atoms with Crippen molar-refractivity contribution in [1.82, 2.24) is 9.29 Å². The lowest BCUT2D eigenvalue weighted by Crippen LogP contribution is -2.37. The Balaban J connectivity index is 1.95. The highest BCUT2D eigenvalue weighted by Crippen LogP contribution is 2.26. The molecule has 1 saturated carbocycles. The van der Waals surface area contributed by atoms with E-state index >= 15 is 0 Å². The average molecular weight is 320 g/mol. The number of hydrogen-bond acceptors (Lipinski definition) is 5. The molecule has 1 fully saturated rings. The van der Waals surface area contributed by atoms with Crippen LogP contribution in [0.3, 0.4) is 0 Å². The quantitative estimate of drug-likeness (QED) is 0.868. The molecule has 1 heterocycles. The normalized spacial score (nSPS) is 15.3. The van der Waals surface area contributed by atoms with Gasteiger partial charge in [0.15, 0.2) is 0 Å². The summed E-state index contributed by atoms with van der Waals surface area (Å²) in [5.74, 6) is 0. The SMILES string of the molecule is CN(C(=O)OC1CCC1)S(=O)(=O)c1cccc2cccnc12. The van der Waals surface area contributed by atoms with Crippen LogP contribution in [-0.2, 0) is 14.8 Å². The maximum absolute atomic E-state index is 12.7. The second-order valence-corrected chi connectivity index (χ2v) is 7.18. The van der Waals surface area contributed by atoms with Crippen molar-refractivity contribution in [3.05, 3.63) is 36.5 Å². The van der Waals surface area contributed by atoms with Crippen LogP contribution in [0.1, 0.15) is 19.3 Å². The first-order chi connectivity index (χ1) is 10.5. The van der Waals surface area contributed by atoms with E-state index in [9.17, 15) is 13.2 Å². The van der Waals surface area contributed by atoms with Crippen LogP contribution in [0.5, 0.6) is 0 Å². The molecule has 1 amide bonds. The molecule has 1 aromatic carbocycles. The van der Waals surface area contributed by atoms with E-state index in [1.807, 2.05) is 0 Å². The van der Waals surface area contributed by atoms with E-state index in [4.69, 9.17) is 4.74 Å². The van der Waals surface area contributed by atoms with Crippen molar-refractivity contribution in [2.24, 2.45) is 0 Å². The van der Waals surface area contributed by atoms with Gasteiger partial charge in [0.1, 0.15) is 11.0 Å². The number of carbonyl (C=O) groups excluding carboxylic acids is 1. The average Bonchev–Trinajstić information content (AvgIpc) is 2.49. The Morgan fingerprint density at radius 1 is 1.27 bits per heavy atom. The van der Waals surface area contributed by atoms with Gasteiger partial charge in [0.2, 0.25) is 0 Å². The lowest BCUT2D eigenvalue weighted by atomic mass is 9.96. The summed E-state index contributed by atoms with van der Waals surface area (Å²) in [6.45, 7) is 0. The number of ether oxygens (including phenoxy) is 1. The number of aromatic nitrogens is 1. The molecule has 0 unspecified atom stereocenters. The van der Waals surface area contributed by atoms with Crippen LogP contribution < -0.4 is 0 Å². The van der Waals surface area contributed by atoms with Crippen LogP contribution in [0.15, 0.2) is 41.4 Å². The molecule has 1 aliphatic rings. The Labute approximate surface area is 128 Å². The van der Waals surface area contributed by atoms with E-state index in [2.05, 4.69) is 4.98 Å². The van der Waals surface area contributed by atoms with Crippen LogP contribution in [0.4, 0.5) is 4.79 Å². The minimum atomic E-state index is -4.00. The van der Waals surface area contributed by atoms with E-state index in [0.717, 1.165) is 19.3 Å². The van der Waals surface area contributed by atoms with Crippen molar-refractivity contribution < 1.29 is 17.9 Å². The summed E-state index contributed by atoms with van der Waals surface area (Å²) in [5.41, 5.74) is 0.341. The lowest BCUT2D eigenvalue weighted by Gasteiger charge is -2.27. The molecule has 1 aliphatic carbocycles. The fourth-order valence-electron chi connectivity index (χ4n) is 2.24. The Bertz CT molecular complexity index is 810. The number of rotatable bonds is 3. The van der Waals surface area contributed by atoms with Crippen LogP contribution in [0.2, 0.25) is 0 Å². The Kier molecular flexibility index (Phi) is 3.74. The Morgan fingerprint density at radius 2 is 2.00 bits per heavy atom. The van der Waals surface area contributed by atoms with Crippen molar-refractivity contribution in [2.45, 2.75) is 30.3 Å². The van der Waals surface area contributed by atoms with Crippen molar-refractivity contribution in [1.29, 1.82) is 0 Å². The maximum Gasteiger partial charge on any atom is 0.423 e. The highest BCUT2D eigenvalue weighted by molar-refractivity contribution is 7.89. The number of nitrogens with zero attached hydrogens (tertiary/aromatic N) is 2. The third-order valence-electron chi connectivity index (χ3n) is 3.81. The van der Waals surface area contributed by atoms with Crippen molar-refractivity contribution in [3.8, 4) is 0 Å². The molecule has 0 radical (unpaired) electrons. The number of carbonyl (C=O) groups is 1. The molecule has 0 N–H and O–H groups in total. The topological polar surface area (TPSA) is 76.6 Å². The molecular formula is C15H16N2O4S. The molecular weight excluding hydrogens is 304 g/mol. The molecule has 2 aromatic rings. The van der Waals surface area contributed by atoms with E-state index in [0.29, 0.717) is 15.2 Å². The van der Waals surface area contributed by atoms with Crippen LogP contribution >= 0.6 is 0 Å². The predicted molar refractivity (Wildman–Crippen MR) is 80.8 cm³/mol. The zero-order valence-electron chi connectivity index (χ0n) is 12.1. The van der Waals surface area contributed by atoms with Gasteiger partial charge >= 0.3 is 6.09 Å². The van der Waals surface area contributed by atoms with Gasteiger partial charge < -0.3 is 4.74 Å². The molecule has 0 bridgehead atoms. The van der Waals surface area contributed by atoms with Gasteiger partial charge in [0, 0.05) is 18.6 Å². The molecule has 0 atom stereocenters. The summed E-state index contributed by atoms with van der Waals surface area (Å²) >= 11 is 0. The van der Waals surface area contributed by atoms with Crippen molar-refractivity contribution in [2.75, 3.05) is 7.05 Å². The maximum atomic E-state index is 12.7. The minimum absolute atomic E-state index is 0.00124. The van der Waals surface area contributed by atoms with Gasteiger partial charge in [-0.15, -0.1) is 0 Å². The van der Waals surface area contributed by atoms with Crippen molar-refractivity contribution in [3.63, 3.8) is 0 Å². The number of amides is 1. The first kappa shape index (κ1) is 14.8. The zero-order chi connectivity index (χ0) is 15.7. The van der Waals surface area contributed by atoms with E-state index < -0.39 is 16.1 Å². The predicted octanol–water partition coefficient (Wildman–Crippen LogP) is 2.54. The lowest BCUT2D eigenvalue weighted by molar-refractivity contribution is 0.0427. The number of para-hydroxylation sites is 1. The molecule has 1 aromatic heterocycles. The molecule has 0 saturated heterocycles. The number of sulfonamides is 1. The summed E-state index contributed by atoms with van der Waals surface area (Å²) in [5, 5.41) is 0.698. The zero-order valence-corrected chi connectivity index (χ0v) is 12.9. The van der Waals surface area contributed by atoms with E-state index in [1.165, 1.54) is 19.3 Å². The fraction of sp³-hybridized carbons (Fsp3) is 0.333. The summed E-state index contributed by atoms with van der Waals surface area (Å²) in [6.07, 6.45) is 3.08. The van der Waals surface area contributed by atoms with Gasteiger partial charge in [0.25, 0.3) is 10.0 Å². The van der Waals surface area contributed by atoms with Gasteiger partial charge in [0.05, 0.1) is 5.52 Å². The third-order valence-corrected chi connectivity index (χ3v) is 5.57.